The monoisotopic (exact) mass is 631 g/mol. The van der Waals surface area contributed by atoms with E-state index in [1.807, 2.05) is 57.2 Å². The smallest absolute Gasteiger partial charge is 0.307 e. The highest BCUT2D eigenvalue weighted by molar-refractivity contribution is 7.18. The molecule has 4 rings (SSSR count). The van der Waals surface area contributed by atoms with Gasteiger partial charge in [0.05, 0.1) is 69.0 Å². The molecular formula is C33H46ClN3O5S. The molecule has 1 aliphatic rings. The van der Waals surface area contributed by atoms with Gasteiger partial charge in [0.2, 0.25) is 5.91 Å². The third-order valence-corrected chi connectivity index (χ3v) is 9.32. The van der Waals surface area contributed by atoms with Gasteiger partial charge >= 0.3 is 5.97 Å². The van der Waals surface area contributed by atoms with Gasteiger partial charge in [-0.1, -0.05) is 24.3 Å². The summed E-state index contributed by atoms with van der Waals surface area (Å²) in [5.74, 6) is 0.825. The van der Waals surface area contributed by atoms with Crippen LogP contribution in [0.25, 0.3) is 10.2 Å². The van der Waals surface area contributed by atoms with E-state index in [0.29, 0.717) is 30.9 Å². The second kappa shape index (κ2) is 14.3. The Morgan fingerprint density at radius 1 is 1.07 bits per heavy atom. The summed E-state index contributed by atoms with van der Waals surface area (Å²) in [5, 5.41) is 3.87. The Bertz CT molecular complexity index is 1390. The van der Waals surface area contributed by atoms with Crippen molar-refractivity contribution in [3.05, 3.63) is 52.5 Å². The molecule has 2 aromatic carbocycles. The minimum absolute atomic E-state index is 0. The first-order valence-electron chi connectivity index (χ1n) is 14.9. The Labute approximate surface area is 266 Å². The minimum Gasteiger partial charge on any atom is -1.00 e. The zero-order valence-corrected chi connectivity index (χ0v) is 28.1. The van der Waals surface area contributed by atoms with Gasteiger partial charge in [0.15, 0.2) is 11.5 Å². The Hall–Kier alpha value is -2.88. The molecule has 0 radical (unpaired) electrons. The number of benzene rings is 2. The van der Waals surface area contributed by atoms with Gasteiger partial charge in [-0.2, -0.15) is 0 Å². The predicted molar refractivity (Wildman–Crippen MR) is 167 cm³/mol. The van der Waals surface area contributed by atoms with E-state index in [1.165, 1.54) is 11.3 Å². The molecule has 0 fully saturated rings. The SMILES string of the molecule is CC[N+](C)(CC)CCCOc1cc2nc(CNC(=O)C3(CC(=O)OC(C)(C)C)Cc4ccccc4C3)sc2cc1OC.[Cl-]. The molecule has 1 aromatic heterocycles. The van der Waals surface area contributed by atoms with Crippen molar-refractivity contribution in [3.63, 3.8) is 0 Å². The number of carbonyl (C=O) groups excluding carboxylic acids is 2. The van der Waals surface area contributed by atoms with Crippen LogP contribution >= 0.6 is 11.3 Å². The summed E-state index contributed by atoms with van der Waals surface area (Å²) in [7, 11) is 3.91. The molecule has 0 unspecified atom stereocenters. The van der Waals surface area contributed by atoms with E-state index >= 15 is 0 Å². The summed E-state index contributed by atoms with van der Waals surface area (Å²) in [6.45, 7) is 14.1. The molecule has 1 N–H and O–H groups in total. The first-order chi connectivity index (χ1) is 19.9. The number of nitrogens with zero attached hydrogens (tertiary/aromatic N) is 2. The van der Waals surface area contributed by atoms with Gasteiger partial charge in [0, 0.05) is 18.6 Å². The number of aromatic nitrogens is 1. The fraction of sp³-hybridized carbons (Fsp3) is 0.545. The first kappa shape index (κ1) is 34.6. The molecular weight excluding hydrogens is 586 g/mol. The van der Waals surface area contributed by atoms with E-state index in [0.717, 1.165) is 56.9 Å². The Balaban J connectivity index is 0.00000506. The zero-order chi connectivity index (χ0) is 30.5. The highest BCUT2D eigenvalue weighted by atomic mass is 35.5. The maximum atomic E-state index is 13.8. The molecule has 1 aliphatic carbocycles. The molecule has 43 heavy (non-hydrogen) atoms. The Morgan fingerprint density at radius 2 is 1.72 bits per heavy atom. The molecule has 0 saturated heterocycles. The van der Waals surface area contributed by atoms with Crippen molar-refractivity contribution in [3.8, 4) is 11.5 Å². The number of nitrogens with one attached hydrogen (secondary N) is 1. The lowest BCUT2D eigenvalue weighted by Crippen LogP contribution is -3.00. The number of ether oxygens (including phenoxy) is 3. The molecule has 8 nitrogen and oxygen atoms in total. The number of quaternary nitrogens is 1. The third-order valence-electron chi connectivity index (χ3n) is 8.31. The fourth-order valence-corrected chi connectivity index (χ4v) is 6.47. The van der Waals surface area contributed by atoms with Gasteiger partial charge in [-0.15, -0.1) is 11.3 Å². The van der Waals surface area contributed by atoms with Crippen LogP contribution in [0.2, 0.25) is 0 Å². The number of rotatable bonds is 13. The lowest BCUT2D eigenvalue weighted by molar-refractivity contribution is -0.906. The summed E-state index contributed by atoms with van der Waals surface area (Å²) in [6, 6.07) is 11.9. The molecule has 1 amide bonds. The van der Waals surface area contributed by atoms with Gasteiger partial charge in [-0.25, -0.2) is 4.98 Å². The normalized spacial score (nSPS) is 14.1. The maximum absolute atomic E-state index is 13.8. The summed E-state index contributed by atoms with van der Waals surface area (Å²) in [6.07, 6.45) is 1.97. The van der Waals surface area contributed by atoms with Crippen LogP contribution in [0.5, 0.6) is 11.5 Å². The highest BCUT2D eigenvalue weighted by Crippen LogP contribution is 2.41. The molecule has 10 heteroatoms. The maximum Gasteiger partial charge on any atom is 0.307 e. The number of esters is 1. The van der Waals surface area contributed by atoms with Crippen LogP contribution in [0, 0.1) is 5.41 Å². The van der Waals surface area contributed by atoms with Crippen LogP contribution < -0.4 is 27.2 Å². The second-order valence-electron chi connectivity index (χ2n) is 12.6. The van der Waals surface area contributed by atoms with E-state index in [1.54, 1.807) is 7.11 Å². The van der Waals surface area contributed by atoms with Crippen molar-refractivity contribution in [2.24, 2.45) is 5.41 Å². The number of hydrogen-bond acceptors (Lipinski definition) is 7. The molecule has 1 heterocycles. The topological polar surface area (TPSA) is 86.8 Å². The molecule has 0 bridgehead atoms. The number of carbonyl (C=O) groups is 2. The van der Waals surface area contributed by atoms with Crippen molar-refractivity contribution in [2.75, 3.05) is 40.4 Å². The van der Waals surface area contributed by atoms with Crippen LogP contribution in [-0.4, -0.2) is 67.3 Å². The molecule has 3 aromatic rings. The van der Waals surface area contributed by atoms with Gasteiger partial charge in [-0.3, -0.25) is 9.59 Å². The lowest BCUT2D eigenvalue weighted by atomic mass is 9.80. The van der Waals surface area contributed by atoms with E-state index in [-0.39, 0.29) is 37.2 Å². The van der Waals surface area contributed by atoms with Crippen LogP contribution in [0.3, 0.4) is 0 Å². The largest absolute Gasteiger partial charge is 1.00 e. The predicted octanol–water partition coefficient (Wildman–Crippen LogP) is 2.70. The zero-order valence-electron chi connectivity index (χ0n) is 26.5. The number of halogens is 1. The number of thiazole rings is 1. The third kappa shape index (κ3) is 8.61. The molecule has 0 aliphatic heterocycles. The van der Waals surface area contributed by atoms with Crippen LogP contribution in [-0.2, 0) is 33.7 Å². The fourth-order valence-electron chi connectivity index (χ4n) is 5.56. The van der Waals surface area contributed by atoms with Gasteiger partial charge in [0.25, 0.3) is 0 Å². The van der Waals surface area contributed by atoms with E-state index < -0.39 is 11.0 Å². The molecule has 0 saturated carbocycles. The number of amides is 1. The van der Waals surface area contributed by atoms with Crippen LogP contribution in [0.15, 0.2) is 36.4 Å². The number of hydrogen-bond donors (Lipinski definition) is 1. The first-order valence-corrected chi connectivity index (χ1v) is 15.7. The van der Waals surface area contributed by atoms with Crippen molar-refractivity contribution in [1.29, 1.82) is 0 Å². The van der Waals surface area contributed by atoms with Crippen molar-refractivity contribution in [1.82, 2.24) is 10.3 Å². The molecule has 0 spiro atoms. The van der Waals surface area contributed by atoms with E-state index in [2.05, 4.69) is 26.2 Å². The average Bonchev–Trinajstić information content (AvgIpc) is 3.52. The standard InChI is InChI=1S/C33H45N3O5S.ClH/c1-8-36(6,9-2)15-12-16-40-27-17-25-28(18-26(27)39-7)42-29(35-25)22-34-31(38)33(21-30(37)41-32(3,4)5)19-23-13-10-11-14-24(23)20-33;/h10-11,13-14,17-18H,8-9,12,15-16,19-22H2,1-7H3;1H. The van der Waals surface area contributed by atoms with Gasteiger partial charge in [0.1, 0.15) is 10.6 Å². The summed E-state index contributed by atoms with van der Waals surface area (Å²) in [4.78, 5) is 31.4. The molecule has 236 valence electrons. The van der Waals surface area contributed by atoms with Gasteiger partial charge in [-0.05, 0) is 58.6 Å². The van der Waals surface area contributed by atoms with Crippen molar-refractivity contribution < 1.29 is 40.7 Å². The quantitative estimate of drug-likeness (QED) is 0.177. The van der Waals surface area contributed by atoms with Crippen molar-refractivity contribution >= 4 is 33.4 Å². The minimum atomic E-state index is -0.892. The van der Waals surface area contributed by atoms with E-state index in [4.69, 9.17) is 19.2 Å². The number of fused-ring (bicyclic) bond motifs is 2. The van der Waals surface area contributed by atoms with Crippen LogP contribution in [0.1, 0.15) is 63.6 Å². The second-order valence-corrected chi connectivity index (χ2v) is 13.7. The highest BCUT2D eigenvalue weighted by Gasteiger charge is 2.46. The summed E-state index contributed by atoms with van der Waals surface area (Å²) < 4.78 is 19.3. The summed E-state index contributed by atoms with van der Waals surface area (Å²) >= 11 is 1.51. The van der Waals surface area contributed by atoms with Crippen LogP contribution in [0.4, 0.5) is 0 Å². The lowest BCUT2D eigenvalue weighted by Gasteiger charge is -2.32. The Morgan fingerprint density at radius 3 is 2.30 bits per heavy atom. The summed E-state index contributed by atoms with van der Waals surface area (Å²) in [5.41, 5.74) is 1.50. The average molecular weight is 632 g/mol. The van der Waals surface area contributed by atoms with Gasteiger partial charge < -0.3 is 36.4 Å². The molecule has 0 atom stereocenters. The van der Waals surface area contributed by atoms with E-state index in [9.17, 15) is 9.59 Å². The van der Waals surface area contributed by atoms with Crippen molar-refractivity contribution in [2.45, 2.75) is 72.4 Å². The Kier molecular flexibility index (Phi) is 11.5. The number of methoxy groups -OCH3 is 1.